The molecule has 1 saturated carbocycles. The van der Waals surface area contributed by atoms with Crippen LogP contribution in [0.1, 0.15) is 50.6 Å². The molecule has 0 radical (unpaired) electrons. The van der Waals surface area contributed by atoms with Gasteiger partial charge in [-0.05, 0) is 61.4 Å². The fourth-order valence-electron chi connectivity index (χ4n) is 4.57. The number of hydrogen-bond donors (Lipinski definition) is 2. The number of sulfone groups is 1. The molecular weight excluding hydrogens is 414 g/mol. The summed E-state index contributed by atoms with van der Waals surface area (Å²) < 4.78 is 27.0. The summed E-state index contributed by atoms with van der Waals surface area (Å²) in [4.78, 5) is 15.7. The first-order valence-electron chi connectivity index (χ1n) is 10.4. The number of H-pyrrole nitrogens is 1. The SMILES string of the molecule is C[C@H]1c2cc(Nc3nn([C@@H](CC#N)C4CC4)c4cc[nH]c(=O)c34)ccc2S(=O)(=O)[C@H]1C. The first-order valence-corrected chi connectivity index (χ1v) is 12.0. The van der Waals surface area contributed by atoms with Crippen LogP contribution in [0, 0.1) is 17.2 Å². The maximum Gasteiger partial charge on any atom is 0.261 e. The van der Waals surface area contributed by atoms with Gasteiger partial charge < -0.3 is 10.3 Å². The lowest BCUT2D eigenvalue weighted by molar-refractivity contribution is 0.426. The number of fused-ring (bicyclic) bond motifs is 2. The monoisotopic (exact) mass is 437 g/mol. The van der Waals surface area contributed by atoms with Gasteiger partial charge in [-0.3, -0.25) is 9.48 Å². The number of benzene rings is 1. The summed E-state index contributed by atoms with van der Waals surface area (Å²) >= 11 is 0. The molecule has 2 N–H and O–H groups in total. The number of pyridine rings is 1. The zero-order valence-electron chi connectivity index (χ0n) is 17.3. The van der Waals surface area contributed by atoms with Crippen LogP contribution < -0.4 is 10.9 Å². The first-order chi connectivity index (χ1) is 14.8. The average Bonchev–Trinajstić information content (AvgIpc) is 3.50. The van der Waals surface area contributed by atoms with Crippen molar-refractivity contribution in [1.29, 1.82) is 5.26 Å². The van der Waals surface area contributed by atoms with Crippen LogP contribution in [-0.4, -0.2) is 28.4 Å². The highest BCUT2D eigenvalue weighted by Crippen LogP contribution is 2.44. The normalized spacial score (nSPS) is 22.7. The van der Waals surface area contributed by atoms with Crippen LogP contribution in [0.4, 0.5) is 11.5 Å². The average molecular weight is 438 g/mol. The van der Waals surface area contributed by atoms with Crippen molar-refractivity contribution in [2.75, 3.05) is 5.32 Å². The summed E-state index contributed by atoms with van der Waals surface area (Å²) in [5.41, 5.74) is 1.87. The number of anilines is 2. The van der Waals surface area contributed by atoms with Gasteiger partial charge in [0, 0.05) is 11.9 Å². The van der Waals surface area contributed by atoms with E-state index < -0.39 is 15.1 Å². The molecular formula is C22H23N5O3S. The van der Waals surface area contributed by atoms with Gasteiger partial charge in [0.15, 0.2) is 15.7 Å². The highest BCUT2D eigenvalue weighted by molar-refractivity contribution is 7.92. The van der Waals surface area contributed by atoms with Gasteiger partial charge in [0.1, 0.15) is 5.39 Å². The minimum Gasteiger partial charge on any atom is -0.338 e. The third-order valence-corrected chi connectivity index (χ3v) is 9.05. The van der Waals surface area contributed by atoms with Crippen molar-refractivity contribution in [3.05, 3.63) is 46.4 Å². The number of nitrogens with zero attached hydrogens (tertiary/aromatic N) is 3. The molecule has 8 nitrogen and oxygen atoms in total. The second-order valence-electron chi connectivity index (χ2n) is 8.54. The van der Waals surface area contributed by atoms with E-state index in [2.05, 4.69) is 16.4 Å². The molecule has 1 aromatic carbocycles. The van der Waals surface area contributed by atoms with Gasteiger partial charge in [0.2, 0.25) is 0 Å². The molecule has 0 spiro atoms. The second-order valence-corrected chi connectivity index (χ2v) is 10.8. The molecule has 0 unspecified atom stereocenters. The lowest BCUT2D eigenvalue weighted by Gasteiger charge is -2.14. The van der Waals surface area contributed by atoms with Crippen LogP contribution in [-0.2, 0) is 9.84 Å². The summed E-state index contributed by atoms with van der Waals surface area (Å²) in [6.07, 6.45) is 4.02. The van der Waals surface area contributed by atoms with Crippen LogP contribution in [0.5, 0.6) is 0 Å². The number of aromatic nitrogens is 3. The molecule has 5 rings (SSSR count). The first kappa shape index (κ1) is 19.8. The summed E-state index contributed by atoms with van der Waals surface area (Å²) in [7, 11) is -3.31. The quantitative estimate of drug-likeness (QED) is 0.629. The minimum atomic E-state index is -3.31. The zero-order valence-corrected chi connectivity index (χ0v) is 18.1. The van der Waals surface area contributed by atoms with Crippen molar-refractivity contribution in [3.63, 3.8) is 0 Å². The molecule has 2 aliphatic rings. The number of hydrogen-bond acceptors (Lipinski definition) is 6. The largest absolute Gasteiger partial charge is 0.338 e. The van der Waals surface area contributed by atoms with Gasteiger partial charge in [-0.1, -0.05) is 6.92 Å². The fourth-order valence-corrected chi connectivity index (χ4v) is 6.48. The Balaban J connectivity index is 1.60. The second kappa shape index (κ2) is 6.95. The summed E-state index contributed by atoms with van der Waals surface area (Å²) in [5.74, 6) is 0.679. The van der Waals surface area contributed by atoms with E-state index in [1.54, 1.807) is 36.0 Å². The maximum atomic E-state index is 12.6. The van der Waals surface area contributed by atoms with Gasteiger partial charge >= 0.3 is 0 Å². The van der Waals surface area contributed by atoms with Crippen molar-refractivity contribution in [2.24, 2.45) is 5.92 Å². The highest BCUT2D eigenvalue weighted by atomic mass is 32.2. The Hall–Kier alpha value is -3.12. The van der Waals surface area contributed by atoms with Gasteiger partial charge in [0.05, 0.1) is 34.2 Å². The van der Waals surface area contributed by atoms with Crippen molar-refractivity contribution in [1.82, 2.24) is 14.8 Å². The molecule has 1 aliphatic carbocycles. The molecule has 2 aromatic heterocycles. The topological polar surface area (TPSA) is 121 Å². The summed E-state index contributed by atoms with van der Waals surface area (Å²) in [6.45, 7) is 3.64. The lowest BCUT2D eigenvalue weighted by Crippen LogP contribution is -2.14. The predicted octanol–water partition coefficient (Wildman–Crippen LogP) is 3.61. The van der Waals surface area contributed by atoms with E-state index >= 15 is 0 Å². The lowest BCUT2D eigenvalue weighted by atomic mass is 9.98. The van der Waals surface area contributed by atoms with Crippen LogP contribution in [0.25, 0.3) is 10.9 Å². The molecule has 1 aliphatic heterocycles. The van der Waals surface area contributed by atoms with Crippen molar-refractivity contribution in [2.45, 2.75) is 55.2 Å². The Bertz CT molecular complexity index is 1390. The standard InChI is InChI=1S/C22H23N5O3S/c1-12-13(2)31(29,30)19-6-5-15(11-16(12)19)25-21-20-18(8-10-24-22(20)28)27(26-21)17(7-9-23)14-3-4-14/h5-6,8,10-14,17H,3-4,7H2,1-2H3,(H,24,28)(H,25,26)/t12-,13+,17+/m1/s1. The Kier molecular flexibility index (Phi) is 4.45. The Morgan fingerprint density at radius 3 is 2.81 bits per heavy atom. The molecule has 0 bridgehead atoms. The van der Waals surface area contributed by atoms with E-state index in [0.717, 1.165) is 18.4 Å². The van der Waals surface area contributed by atoms with Crippen LogP contribution in [0.3, 0.4) is 0 Å². The number of nitriles is 1. The van der Waals surface area contributed by atoms with Gasteiger partial charge in [-0.25, -0.2) is 8.42 Å². The molecule has 31 heavy (non-hydrogen) atoms. The number of aromatic amines is 1. The van der Waals surface area contributed by atoms with Gasteiger partial charge in [-0.2, -0.15) is 10.4 Å². The van der Waals surface area contributed by atoms with Crippen LogP contribution in [0.2, 0.25) is 0 Å². The molecule has 3 aromatic rings. The van der Waals surface area contributed by atoms with E-state index in [9.17, 15) is 18.5 Å². The molecule has 3 heterocycles. The molecule has 0 amide bonds. The Morgan fingerprint density at radius 1 is 1.32 bits per heavy atom. The van der Waals surface area contributed by atoms with Crippen LogP contribution in [0.15, 0.2) is 40.2 Å². The van der Waals surface area contributed by atoms with E-state index in [4.69, 9.17) is 5.10 Å². The van der Waals surface area contributed by atoms with Gasteiger partial charge in [0.25, 0.3) is 5.56 Å². The van der Waals surface area contributed by atoms with Crippen molar-refractivity contribution in [3.8, 4) is 6.07 Å². The molecule has 3 atom stereocenters. The Morgan fingerprint density at radius 2 is 2.10 bits per heavy atom. The van der Waals surface area contributed by atoms with E-state index in [1.165, 1.54) is 0 Å². The smallest absolute Gasteiger partial charge is 0.261 e. The predicted molar refractivity (Wildman–Crippen MR) is 117 cm³/mol. The van der Waals surface area contributed by atoms with E-state index in [-0.39, 0.29) is 17.5 Å². The number of rotatable bonds is 5. The van der Waals surface area contributed by atoms with Crippen LogP contribution >= 0.6 is 0 Å². The fraction of sp³-hybridized carbons (Fsp3) is 0.409. The molecule has 9 heteroatoms. The molecule has 0 saturated heterocycles. The third-order valence-electron chi connectivity index (χ3n) is 6.67. The molecule has 1 fully saturated rings. The van der Waals surface area contributed by atoms with E-state index in [1.807, 2.05) is 13.0 Å². The highest BCUT2D eigenvalue weighted by Gasteiger charge is 2.39. The summed E-state index contributed by atoms with van der Waals surface area (Å²) in [6, 6.07) is 9.14. The summed E-state index contributed by atoms with van der Waals surface area (Å²) in [5, 5.41) is 17.2. The maximum absolute atomic E-state index is 12.6. The van der Waals surface area contributed by atoms with Crippen molar-refractivity contribution >= 4 is 32.2 Å². The Labute approximate surface area is 179 Å². The minimum absolute atomic E-state index is 0.0733. The zero-order chi connectivity index (χ0) is 21.9. The molecule has 160 valence electrons. The van der Waals surface area contributed by atoms with Gasteiger partial charge in [-0.15, -0.1) is 0 Å². The van der Waals surface area contributed by atoms with Crippen molar-refractivity contribution < 1.29 is 8.42 Å². The number of nitrogens with one attached hydrogen (secondary N) is 2. The van der Waals surface area contributed by atoms with E-state index in [0.29, 0.717) is 39.6 Å². The third kappa shape index (κ3) is 3.05.